The fraction of sp³-hybridized carbons (Fsp3) is 0.522. The Morgan fingerprint density at radius 2 is 1.85 bits per heavy atom. The van der Waals surface area contributed by atoms with E-state index in [1.54, 1.807) is 50.1 Å². The molecule has 1 saturated heterocycles. The van der Waals surface area contributed by atoms with E-state index in [2.05, 4.69) is 4.98 Å². The number of ketones is 1. The van der Waals surface area contributed by atoms with Gasteiger partial charge in [0.05, 0.1) is 25.2 Å². The number of carbonyl (C=O) groups is 2. The first kappa shape index (κ1) is 24.8. The van der Waals surface area contributed by atoms with Crippen molar-refractivity contribution in [3.8, 4) is 17.2 Å². The van der Waals surface area contributed by atoms with Crippen molar-refractivity contribution in [2.45, 2.75) is 38.9 Å². The molecule has 10 heteroatoms. The summed E-state index contributed by atoms with van der Waals surface area (Å²) in [6, 6.07) is 7.08. The van der Waals surface area contributed by atoms with E-state index in [4.69, 9.17) is 13.9 Å². The summed E-state index contributed by atoms with van der Waals surface area (Å²) in [6.07, 6.45) is 1.14. The number of rotatable bonds is 9. The van der Waals surface area contributed by atoms with Gasteiger partial charge >= 0.3 is 6.09 Å². The Morgan fingerprint density at radius 1 is 1.18 bits per heavy atom. The summed E-state index contributed by atoms with van der Waals surface area (Å²) in [5.74, 6) is 0.272. The summed E-state index contributed by atoms with van der Waals surface area (Å²) in [5.41, 5.74) is 1.00. The molecule has 0 N–H and O–H groups in total. The SMILES string of the molecule is CCOC(=O)N1CCC(CC(=O)CS(=O)(=O)Cc2nc(-c3ccc(OC)cc3)oc2C)CC1. The van der Waals surface area contributed by atoms with Gasteiger partial charge in [-0.15, -0.1) is 0 Å². The Hall–Kier alpha value is -2.88. The molecule has 2 aromatic rings. The number of oxazole rings is 1. The molecule has 0 atom stereocenters. The van der Waals surface area contributed by atoms with Crippen molar-refractivity contribution < 1.29 is 31.9 Å². The smallest absolute Gasteiger partial charge is 0.409 e. The van der Waals surface area contributed by atoms with Crippen molar-refractivity contribution in [1.29, 1.82) is 0 Å². The number of aromatic nitrogens is 1. The van der Waals surface area contributed by atoms with Crippen LogP contribution in [-0.2, 0) is 25.1 Å². The number of likely N-dealkylation sites (tertiary alicyclic amines) is 1. The molecule has 0 bridgehead atoms. The maximum absolute atomic E-state index is 12.7. The van der Waals surface area contributed by atoms with Crippen LogP contribution < -0.4 is 4.74 Å². The molecule has 0 radical (unpaired) electrons. The van der Waals surface area contributed by atoms with Gasteiger partial charge in [0.15, 0.2) is 9.84 Å². The van der Waals surface area contributed by atoms with E-state index in [9.17, 15) is 18.0 Å². The van der Waals surface area contributed by atoms with Gasteiger partial charge in [-0.05, 0) is 56.9 Å². The molecule has 180 valence electrons. The summed E-state index contributed by atoms with van der Waals surface area (Å²) < 4.78 is 41.1. The van der Waals surface area contributed by atoms with E-state index >= 15 is 0 Å². The van der Waals surface area contributed by atoms with E-state index < -0.39 is 15.6 Å². The van der Waals surface area contributed by atoms with Gasteiger partial charge in [0.2, 0.25) is 5.89 Å². The first-order chi connectivity index (χ1) is 15.7. The number of Topliss-reactive ketones (excluding diaryl/α,β-unsaturated/α-hetero) is 1. The number of sulfone groups is 1. The average Bonchev–Trinajstić information content (AvgIpc) is 3.13. The molecule has 1 aliphatic rings. The lowest BCUT2D eigenvalue weighted by Crippen LogP contribution is -2.39. The highest BCUT2D eigenvalue weighted by molar-refractivity contribution is 7.91. The second-order valence-electron chi connectivity index (χ2n) is 8.15. The van der Waals surface area contributed by atoms with Gasteiger partial charge in [0.1, 0.15) is 23.0 Å². The molecular weight excluding hydrogens is 448 g/mol. The van der Waals surface area contributed by atoms with Crippen molar-refractivity contribution in [3.05, 3.63) is 35.7 Å². The molecule has 2 heterocycles. The molecule has 0 unspecified atom stereocenters. The number of amides is 1. The number of carbonyl (C=O) groups excluding carboxylic acids is 2. The van der Waals surface area contributed by atoms with Crippen molar-refractivity contribution in [1.82, 2.24) is 9.88 Å². The van der Waals surface area contributed by atoms with Gasteiger partial charge in [0, 0.05) is 25.1 Å². The number of ether oxygens (including phenoxy) is 2. The summed E-state index contributed by atoms with van der Waals surface area (Å²) in [5, 5.41) is 0. The number of piperidine rings is 1. The van der Waals surface area contributed by atoms with E-state index in [-0.39, 0.29) is 30.0 Å². The van der Waals surface area contributed by atoms with Crippen LogP contribution in [-0.4, -0.2) is 62.7 Å². The van der Waals surface area contributed by atoms with Crippen LogP contribution in [0.2, 0.25) is 0 Å². The van der Waals surface area contributed by atoms with E-state index in [1.807, 2.05) is 0 Å². The topological polar surface area (TPSA) is 116 Å². The van der Waals surface area contributed by atoms with Crippen LogP contribution in [0.5, 0.6) is 5.75 Å². The largest absolute Gasteiger partial charge is 0.497 e. The average molecular weight is 479 g/mol. The van der Waals surface area contributed by atoms with Gasteiger partial charge in [0.25, 0.3) is 0 Å². The molecule has 1 aromatic carbocycles. The third-order valence-corrected chi connectivity index (χ3v) is 7.10. The summed E-state index contributed by atoms with van der Waals surface area (Å²) in [6.45, 7) is 4.75. The third kappa shape index (κ3) is 6.80. The quantitative estimate of drug-likeness (QED) is 0.538. The van der Waals surface area contributed by atoms with Gasteiger partial charge < -0.3 is 18.8 Å². The lowest BCUT2D eigenvalue weighted by Gasteiger charge is -2.30. The summed E-state index contributed by atoms with van der Waals surface area (Å²) >= 11 is 0. The van der Waals surface area contributed by atoms with Crippen LogP contribution >= 0.6 is 0 Å². The third-order valence-electron chi connectivity index (χ3n) is 5.62. The Morgan fingerprint density at radius 3 is 2.45 bits per heavy atom. The first-order valence-corrected chi connectivity index (χ1v) is 12.8. The monoisotopic (exact) mass is 478 g/mol. The molecule has 1 aliphatic heterocycles. The maximum Gasteiger partial charge on any atom is 0.409 e. The number of methoxy groups -OCH3 is 1. The number of aryl methyl sites for hydroxylation is 1. The summed E-state index contributed by atoms with van der Waals surface area (Å²) in [7, 11) is -2.12. The molecule has 0 saturated carbocycles. The molecular formula is C23H30N2O7S. The molecule has 9 nitrogen and oxygen atoms in total. The minimum atomic E-state index is -3.69. The second kappa shape index (κ2) is 10.8. The molecule has 1 amide bonds. The minimum Gasteiger partial charge on any atom is -0.497 e. The molecule has 1 fully saturated rings. The number of nitrogens with zero attached hydrogens (tertiary/aromatic N) is 2. The minimum absolute atomic E-state index is 0.0637. The summed E-state index contributed by atoms with van der Waals surface area (Å²) in [4.78, 5) is 30.2. The zero-order valence-electron chi connectivity index (χ0n) is 19.2. The van der Waals surface area contributed by atoms with Crippen LogP contribution in [0, 0.1) is 12.8 Å². The fourth-order valence-electron chi connectivity index (χ4n) is 3.84. The molecule has 0 aliphatic carbocycles. The molecule has 33 heavy (non-hydrogen) atoms. The standard InChI is InChI=1S/C23H30N2O7S/c1-4-31-23(27)25-11-9-17(10-12-25)13-19(26)14-33(28,29)15-21-16(2)32-22(24-21)18-5-7-20(30-3)8-6-18/h5-8,17H,4,9-15H2,1-3H3. The van der Waals surface area contributed by atoms with E-state index in [0.717, 1.165) is 0 Å². The van der Waals surface area contributed by atoms with Crippen LogP contribution in [0.25, 0.3) is 11.5 Å². The lowest BCUT2D eigenvalue weighted by atomic mass is 9.92. The predicted molar refractivity (Wildman–Crippen MR) is 122 cm³/mol. The Kier molecular flexibility index (Phi) is 8.12. The Balaban J connectivity index is 1.54. The van der Waals surface area contributed by atoms with Crippen LogP contribution in [0.15, 0.2) is 28.7 Å². The Labute approximate surface area is 194 Å². The van der Waals surface area contributed by atoms with Crippen molar-refractivity contribution >= 4 is 21.7 Å². The van der Waals surface area contributed by atoms with Crippen molar-refractivity contribution in [2.24, 2.45) is 5.92 Å². The zero-order valence-corrected chi connectivity index (χ0v) is 20.0. The van der Waals surface area contributed by atoms with Gasteiger partial charge in [-0.2, -0.15) is 0 Å². The highest BCUT2D eigenvalue weighted by Gasteiger charge is 2.27. The fourth-order valence-corrected chi connectivity index (χ4v) is 5.23. The van der Waals surface area contributed by atoms with Gasteiger partial charge in [-0.1, -0.05) is 0 Å². The highest BCUT2D eigenvalue weighted by Crippen LogP contribution is 2.26. The number of benzene rings is 1. The van der Waals surface area contributed by atoms with Crippen LogP contribution in [0.1, 0.15) is 37.6 Å². The first-order valence-electron chi connectivity index (χ1n) is 10.9. The number of hydrogen-bond acceptors (Lipinski definition) is 8. The van der Waals surface area contributed by atoms with Crippen LogP contribution in [0.3, 0.4) is 0 Å². The number of hydrogen-bond donors (Lipinski definition) is 0. The van der Waals surface area contributed by atoms with Gasteiger partial charge in [-0.3, -0.25) is 4.79 Å². The van der Waals surface area contributed by atoms with Crippen LogP contribution in [0.4, 0.5) is 4.79 Å². The highest BCUT2D eigenvalue weighted by atomic mass is 32.2. The Bertz CT molecular complexity index is 1070. The van der Waals surface area contributed by atoms with Gasteiger partial charge in [-0.25, -0.2) is 18.2 Å². The molecule has 3 rings (SSSR count). The van der Waals surface area contributed by atoms with E-state index in [0.29, 0.717) is 61.2 Å². The molecule has 1 aromatic heterocycles. The predicted octanol–water partition coefficient (Wildman–Crippen LogP) is 3.40. The maximum atomic E-state index is 12.7. The second-order valence-corrected chi connectivity index (χ2v) is 10.2. The normalized spacial score (nSPS) is 14.8. The zero-order chi connectivity index (χ0) is 24.0. The lowest BCUT2D eigenvalue weighted by molar-refractivity contribution is -0.117. The molecule has 0 spiro atoms. The van der Waals surface area contributed by atoms with Crippen molar-refractivity contribution in [2.75, 3.05) is 32.6 Å². The van der Waals surface area contributed by atoms with Crippen molar-refractivity contribution in [3.63, 3.8) is 0 Å². The van der Waals surface area contributed by atoms with E-state index in [1.165, 1.54) is 0 Å².